The summed E-state index contributed by atoms with van der Waals surface area (Å²) in [4.78, 5) is 12.0. The molecule has 2 N–H and O–H groups in total. The standard InChI is InChI=1S/C15H19N3O3/c1-15(2,3)21-14(19)18-13(16)9-12(17-18)10-5-7-11(20-4)8-6-10/h5-9H,16H2,1-4H3. The van der Waals surface area contributed by atoms with Crippen LogP contribution in [0.1, 0.15) is 20.8 Å². The van der Waals surface area contributed by atoms with Crippen molar-refractivity contribution in [3.8, 4) is 17.0 Å². The first kappa shape index (κ1) is 14.9. The van der Waals surface area contributed by atoms with Crippen LogP contribution in [-0.4, -0.2) is 28.6 Å². The summed E-state index contributed by atoms with van der Waals surface area (Å²) in [7, 11) is 1.60. The minimum atomic E-state index is -0.601. The van der Waals surface area contributed by atoms with E-state index in [1.165, 1.54) is 0 Å². The highest BCUT2D eigenvalue weighted by Gasteiger charge is 2.21. The van der Waals surface area contributed by atoms with Crippen LogP contribution in [0.3, 0.4) is 0 Å². The first-order valence-electron chi connectivity index (χ1n) is 6.53. The Kier molecular flexibility index (Phi) is 3.88. The van der Waals surface area contributed by atoms with E-state index in [0.717, 1.165) is 16.0 Å². The molecular formula is C15H19N3O3. The second-order valence-corrected chi connectivity index (χ2v) is 5.58. The van der Waals surface area contributed by atoms with E-state index in [1.54, 1.807) is 33.9 Å². The third-order valence-corrected chi connectivity index (χ3v) is 2.69. The van der Waals surface area contributed by atoms with Gasteiger partial charge < -0.3 is 15.2 Å². The third-order valence-electron chi connectivity index (χ3n) is 2.69. The van der Waals surface area contributed by atoms with Crippen molar-refractivity contribution in [2.24, 2.45) is 0 Å². The normalized spacial score (nSPS) is 11.2. The number of rotatable bonds is 2. The molecule has 2 aromatic rings. The molecule has 112 valence electrons. The van der Waals surface area contributed by atoms with E-state index in [0.29, 0.717) is 5.69 Å². The molecule has 0 saturated carbocycles. The summed E-state index contributed by atoms with van der Waals surface area (Å²) in [5, 5.41) is 4.20. The fraction of sp³-hybridized carbons (Fsp3) is 0.333. The van der Waals surface area contributed by atoms with Gasteiger partial charge in [0.25, 0.3) is 0 Å². The predicted octanol–water partition coefficient (Wildman–Crippen LogP) is 2.92. The van der Waals surface area contributed by atoms with E-state index >= 15 is 0 Å². The molecule has 21 heavy (non-hydrogen) atoms. The van der Waals surface area contributed by atoms with Gasteiger partial charge in [0, 0.05) is 11.6 Å². The number of carbonyl (C=O) groups excluding carboxylic acids is 1. The van der Waals surface area contributed by atoms with Crippen LogP contribution in [0.15, 0.2) is 30.3 Å². The molecule has 0 spiro atoms. The lowest BCUT2D eigenvalue weighted by Crippen LogP contribution is -2.28. The lowest BCUT2D eigenvalue weighted by atomic mass is 10.1. The molecule has 0 fully saturated rings. The Labute approximate surface area is 123 Å². The monoisotopic (exact) mass is 289 g/mol. The van der Waals surface area contributed by atoms with Gasteiger partial charge in [0.15, 0.2) is 0 Å². The molecule has 0 aliphatic heterocycles. The van der Waals surface area contributed by atoms with Crippen molar-refractivity contribution in [3.05, 3.63) is 30.3 Å². The number of aromatic nitrogens is 2. The number of nitrogens with zero attached hydrogens (tertiary/aromatic N) is 2. The van der Waals surface area contributed by atoms with Gasteiger partial charge in [-0.15, -0.1) is 4.68 Å². The summed E-state index contributed by atoms with van der Waals surface area (Å²) in [6.07, 6.45) is -0.597. The van der Waals surface area contributed by atoms with E-state index < -0.39 is 11.7 Å². The number of carbonyl (C=O) groups is 1. The highest BCUT2D eigenvalue weighted by molar-refractivity contribution is 5.76. The SMILES string of the molecule is COc1ccc(-c2cc(N)n(C(=O)OC(C)(C)C)n2)cc1. The largest absolute Gasteiger partial charge is 0.497 e. The molecule has 0 amide bonds. The topological polar surface area (TPSA) is 79.4 Å². The molecule has 2 rings (SSSR count). The fourth-order valence-corrected chi connectivity index (χ4v) is 1.75. The second kappa shape index (κ2) is 5.47. The van der Waals surface area contributed by atoms with Gasteiger partial charge >= 0.3 is 6.09 Å². The van der Waals surface area contributed by atoms with Crippen molar-refractivity contribution in [3.63, 3.8) is 0 Å². The minimum Gasteiger partial charge on any atom is -0.497 e. The Morgan fingerprint density at radius 1 is 1.24 bits per heavy atom. The van der Waals surface area contributed by atoms with Crippen molar-refractivity contribution in [2.75, 3.05) is 12.8 Å². The zero-order valence-corrected chi connectivity index (χ0v) is 12.6. The first-order valence-corrected chi connectivity index (χ1v) is 6.53. The zero-order chi connectivity index (χ0) is 15.6. The van der Waals surface area contributed by atoms with Crippen LogP contribution in [-0.2, 0) is 4.74 Å². The summed E-state index contributed by atoms with van der Waals surface area (Å²) >= 11 is 0. The number of nitrogen functional groups attached to an aromatic ring is 1. The van der Waals surface area contributed by atoms with Crippen molar-refractivity contribution in [2.45, 2.75) is 26.4 Å². The van der Waals surface area contributed by atoms with Crippen molar-refractivity contribution < 1.29 is 14.3 Å². The number of benzene rings is 1. The molecule has 0 unspecified atom stereocenters. The van der Waals surface area contributed by atoms with E-state index in [9.17, 15) is 4.79 Å². The van der Waals surface area contributed by atoms with Gasteiger partial charge in [-0.05, 0) is 45.0 Å². The van der Waals surface area contributed by atoms with Gasteiger partial charge in [0.05, 0.1) is 12.8 Å². The highest BCUT2D eigenvalue weighted by atomic mass is 16.6. The number of anilines is 1. The summed E-state index contributed by atoms with van der Waals surface area (Å²) in [5.41, 5.74) is 6.66. The fourth-order valence-electron chi connectivity index (χ4n) is 1.75. The molecule has 1 aromatic heterocycles. The molecule has 0 radical (unpaired) electrons. The number of methoxy groups -OCH3 is 1. The number of hydrogen-bond acceptors (Lipinski definition) is 5. The average molecular weight is 289 g/mol. The van der Waals surface area contributed by atoms with Crippen molar-refractivity contribution >= 4 is 11.9 Å². The van der Waals surface area contributed by atoms with Gasteiger partial charge in [-0.1, -0.05) is 0 Å². The Morgan fingerprint density at radius 2 is 1.86 bits per heavy atom. The molecule has 0 bridgehead atoms. The molecular weight excluding hydrogens is 270 g/mol. The van der Waals surface area contributed by atoms with Gasteiger partial charge in [-0.2, -0.15) is 5.10 Å². The van der Waals surface area contributed by atoms with Crippen LogP contribution in [0.2, 0.25) is 0 Å². The maximum absolute atomic E-state index is 12.0. The number of ether oxygens (including phenoxy) is 2. The maximum atomic E-state index is 12.0. The summed E-state index contributed by atoms with van der Waals surface area (Å²) in [6, 6.07) is 8.96. The van der Waals surface area contributed by atoms with Gasteiger partial charge in [-0.25, -0.2) is 4.79 Å². The molecule has 0 aliphatic rings. The number of nitrogens with two attached hydrogens (primary N) is 1. The average Bonchev–Trinajstić information content (AvgIpc) is 2.79. The predicted molar refractivity (Wildman–Crippen MR) is 80.3 cm³/mol. The van der Waals surface area contributed by atoms with Crippen LogP contribution in [0.5, 0.6) is 5.75 Å². The maximum Gasteiger partial charge on any atom is 0.437 e. The van der Waals surface area contributed by atoms with E-state index in [2.05, 4.69) is 5.10 Å². The van der Waals surface area contributed by atoms with E-state index in [1.807, 2.05) is 24.3 Å². The molecule has 6 nitrogen and oxygen atoms in total. The van der Waals surface area contributed by atoms with Crippen LogP contribution < -0.4 is 10.5 Å². The Bertz CT molecular complexity index is 639. The van der Waals surface area contributed by atoms with Gasteiger partial charge in [0.1, 0.15) is 17.2 Å². The van der Waals surface area contributed by atoms with E-state index in [4.69, 9.17) is 15.2 Å². The Balaban J connectivity index is 2.27. The summed E-state index contributed by atoms with van der Waals surface area (Å²) in [5.74, 6) is 0.980. The summed E-state index contributed by atoms with van der Waals surface area (Å²) in [6.45, 7) is 5.36. The molecule has 0 atom stereocenters. The lowest BCUT2D eigenvalue weighted by Gasteiger charge is -2.19. The van der Waals surface area contributed by atoms with Crippen LogP contribution in [0, 0.1) is 0 Å². The highest BCUT2D eigenvalue weighted by Crippen LogP contribution is 2.23. The van der Waals surface area contributed by atoms with Gasteiger partial charge in [-0.3, -0.25) is 0 Å². The van der Waals surface area contributed by atoms with Crippen molar-refractivity contribution in [1.29, 1.82) is 0 Å². The number of hydrogen-bond donors (Lipinski definition) is 1. The van der Waals surface area contributed by atoms with E-state index in [-0.39, 0.29) is 5.82 Å². The smallest absolute Gasteiger partial charge is 0.437 e. The van der Waals surface area contributed by atoms with Crippen LogP contribution >= 0.6 is 0 Å². The minimum absolute atomic E-state index is 0.232. The van der Waals surface area contributed by atoms with Crippen molar-refractivity contribution in [1.82, 2.24) is 9.78 Å². The third kappa shape index (κ3) is 3.53. The lowest BCUT2D eigenvalue weighted by molar-refractivity contribution is 0.0519. The molecule has 0 saturated heterocycles. The molecule has 0 aliphatic carbocycles. The molecule has 1 heterocycles. The Hall–Kier alpha value is -2.50. The van der Waals surface area contributed by atoms with Crippen LogP contribution in [0.25, 0.3) is 11.3 Å². The quantitative estimate of drug-likeness (QED) is 0.919. The second-order valence-electron chi connectivity index (χ2n) is 5.58. The molecule has 6 heteroatoms. The Morgan fingerprint density at radius 3 is 2.38 bits per heavy atom. The summed E-state index contributed by atoms with van der Waals surface area (Å²) < 4.78 is 11.4. The van der Waals surface area contributed by atoms with Crippen LogP contribution in [0.4, 0.5) is 10.6 Å². The first-order chi connectivity index (χ1) is 9.80. The zero-order valence-electron chi connectivity index (χ0n) is 12.6. The molecule has 1 aromatic carbocycles. The van der Waals surface area contributed by atoms with Gasteiger partial charge in [0.2, 0.25) is 0 Å².